The zero-order chi connectivity index (χ0) is 39.0. The summed E-state index contributed by atoms with van der Waals surface area (Å²) in [5.41, 5.74) is -0.472. The van der Waals surface area contributed by atoms with Crippen molar-refractivity contribution in [3.05, 3.63) is 46.5 Å². The van der Waals surface area contributed by atoms with E-state index in [4.69, 9.17) is 35.3 Å². The maximum absolute atomic E-state index is 13.9. The second-order valence-corrected chi connectivity index (χ2v) is 15.2. The Balaban J connectivity index is 1.80. The molecule has 0 radical (unpaired) electrons. The second kappa shape index (κ2) is 18.8. The number of amides is 3. The molecule has 2 N–H and O–H groups in total. The molecule has 2 saturated heterocycles. The molecule has 2 fully saturated rings. The number of ether oxygens (including phenoxy) is 5. The molecule has 0 unspecified atom stereocenters. The van der Waals surface area contributed by atoms with E-state index in [0.717, 1.165) is 11.1 Å². The number of nitrogens with one attached hydrogen (secondary N) is 1. The van der Waals surface area contributed by atoms with Gasteiger partial charge in [-0.05, 0) is 57.1 Å². The lowest BCUT2D eigenvalue weighted by molar-refractivity contribution is -0.175. The Bertz CT molecular complexity index is 1520. The van der Waals surface area contributed by atoms with Crippen LogP contribution in [0.1, 0.15) is 53.0 Å². The van der Waals surface area contributed by atoms with Crippen LogP contribution in [0.2, 0.25) is 5.02 Å². The summed E-state index contributed by atoms with van der Waals surface area (Å²) in [4.78, 5) is 54.5. The molecule has 3 rings (SSSR count). The summed E-state index contributed by atoms with van der Waals surface area (Å²) < 4.78 is 28.2. The van der Waals surface area contributed by atoms with Crippen LogP contribution in [0.15, 0.2) is 35.9 Å². The van der Waals surface area contributed by atoms with Gasteiger partial charge in [0.15, 0.2) is 5.72 Å². The van der Waals surface area contributed by atoms with E-state index in [-0.39, 0.29) is 48.5 Å². The van der Waals surface area contributed by atoms with Crippen molar-refractivity contribution in [3.63, 3.8) is 0 Å². The average Bonchev–Trinajstić information content (AvgIpc) is 3.81. The van der Waals surface area contributed by atoms with Crippen LogP contribution < -0.4 is 15.0 Å². The Morgan fingerprint density at radius 1 is 1.19 bits per heavy atom. The molecule has 0 spiro atoms. The van der Waals surface area contributed by atoms with E-state index in [1.54, 1.807) is 57.1 Å². The first kappa shape index (κ1) is 43.3. The lowest BCUT2D eigenvalue weighted by atomic mass is 9.91. The SMILES string of the molecule is COc1cc(C/C(C)=C/C=C/[C@@H](OC)[C@@]2(O)COCC(=O)N2)cc(N(C)C(=O)C[C@H](OC(=O)[C@H](C)N(C)C(=O)CCSC)[C@]2(C)O[C@H]2C(C)C)c1Cl. The molecule has 290 valence electrons. The summed E-state index contributed by atoms with van der Waals surface area (Å²) in [5, 5.41) is 13.6. The van der Waals surface area contributed by atoms with Crippen LogP contribution in [0.25, 0.3) is 0 Å². The Morgan fingerprint density at radius 3 is 2.46 bits per heavy atom. The number of anilines is 1. The Hall–Kier alpha value is -3.14. The minimum absolute atomic E-state index is 0.112. The Labute approximate surface area is 316 Å². The average molecular weight is 768 g/mol. The van der Waals surface area contributed by atoms with Gasteiger partial charge in [0.25, 0.3) is 0 Å². The number of methoxy groups -OCH3 is 2. The quantitative estimate of drug-likeness (QED) is 0.127. The van der Waals surface area contributed by atoms with Crippen molar-refractivity contribution >= 4 is 52.7 Å². The van der Waals surface area contributed by atoms with Crippen LogP contribution in [0.4, 0.5) is 5.69 Å². The number of carbonyl (C=O) groups is 4. The normalized spacial score (nSPS) is 23.5. The van der Waals surface area contributed by atoms with Crippen molar-refractivity contribution in [2.45, 2.75) is 89.6 Å². The fourth-order valence-electron chi connectivity index (χ4n) is 6.10. The number of nitrogens with zero attached hydrogens (tertiary/aromatic N) is 2. The first-order valence-corrected chi connectivity index (χ1v) is 18.9. The number of hydrogen-bond acceptors (Lipinski definition) is 11. The number of aliphatic hydroxyl groups is 1. The molecule has 0 aliphatic carbocycles. The minimum Gasteiger partial charge on any atom is -0.495 e. The van der Waals surface area contributed by atoms with E-state index in [0.29, 0.717) is 30.0 Å². The molecule has 15 heteroatoms. The van der Waals surface area contributed by atoms with Crippen molar-refractivity contribution in [1.82, 2.24) is 10.2 Å². The van der Waals surface area contributed by atoms with Crippen molar-refractivity contribution in [1.29, 1.82) is 0 Å². The number of rotatable bonds is 18. The first-order chi connectivity index (χ1) is 24.4. The Kier molecular flexibility index (Phi) is 15.6. The van der Waals surface area contributed by atoms with E-state index < -0.39 is 41.5 Å². The highest BCUT2D eigenvalue weighted by atomic mass is 35.5. The van der Waals surface area contributed by atoms with E-state index in [2.05, 4.69) is 5.32 Å². The van der Waals surface area contributed by atoms with Crippen LogP contribution in [0.3, 0.4) is 0 Å². The summed E-state index contributed by atoms with van der Waals surface area (Å²) in [5.74, 6) is -0.488. The van der Waals surface area contributed by atoms with Crippen LogP contribution in [0.5, 0.6) is 5.75 Å². The number of hydrogen-bond donors (Lipinski definition) is 2. The van der Waals surface area contributed by atoms with Crippen LogP contribution in [0, 0.1) is 5.92 Å². The molecule has 52 heavy (non-hydrogen) atoms. The number of carbonyl (C=O) groups excluding carboxylic acids is 4. The van der Waals surface area contributed by atoms with Crippen molar-refractivity contribution in [2.75, 3.05) is 58.4 Å². The second-order valence-electron chi connectivity index (χ2n) is 13.8. The number of likely N-dealkylation sites (N-methyl/N-ethyl adjacent to an activating group) is 1. The summed E-state index contributed by atoms with van der Waals surface area (Å²) in [7, 11) is 6.07. The van der Waals surface area contributed by atoms with Crippen molar-refractivity contribution in [2.24, 2.45) is 5.92 Å². The zero-order valence-electron chi connectivity index (χ0n) is 31.8. The van der Waals surface area contributed by atoms with Gasteiger partial charge in [0, 0.05) is 33.4 Å². The van der Waals surface area contributed by atoms with Gasteiger partial charge in [-0.25, -0.2) is 4.79 Å². The predicted octanol–water partition coefficient (Wildman–Crippen LogP) is 3.92. The molecule has 0 bridgehead atoms. The molecule has 13 nitrogen and oxygen atoms in total. The van der Waals surface area contributed by atoms with Crippen molar-refractivity contribution < 1.29 is 48.0 Å². The molecule has 3 amide bonds. The van der Waals surface area contributed by atoms with E-state index in [1.165, 1.54) is 24.0 Å². The predicted molar refractivity (Wildman–Crippen MR) is 201 cm³/mol. The maximum Gasteiger partial charge on any atom is 0.328 e. The van der Waals surface area contributed by atoms with E-state index in [1.807, 2.05) is 40.0 Å². The van der Waals surface area contributed by atoms with Crippen LogP contribution in [-0.4, -0.2) is 123 Å². The van der Waals surface area contributed by atoms with Gasteiger partial charge in [-0.1, -0.05) is 49.2 Å². The molecule has 0 aromatic heterocycles. The number of morpholine rings is 1. The molecule has 1 aromatic rings. The number of esters is 1. The highest BCUT2D eigenvalue weighted by Gasteiger charge is 2.61. The summed E-state index contributed by atoms with van der Waals surface area (Å²) >= 11 is 8.29. The van der Waals surface area contributed by atoms with E-state index >= 15 is 0 Å². The topological polar surface area (TPSA) is 156 Å². The minimum atomic E-state index is -1.70. The molecule has 2 aliphatic rings. The third-order valence-corrected chi connectivity index (χ3v) is 10.4. The fraction of sp³-hybridized carbons (Fsp3) is 0.622. The molecule has 1 aromatic carbocycles. The highest BCUT2D eigenvalue weighted by Crippen LogP contribution is 2.46. The number of halogens is 1. The molecule has 0 saturated carbocycles. The van der Waals surface area contributed by atoms with Crippen LogP contribution in [-0.2, 0) is 44.5 Å². The standard InChI is InChI=1S/C37H54ClN3O10S/c1-22(2)34-36(5,51-34)29(50-35(45)24(4)40(6)31(43)14-15-52-10)19-32(44)41(7)26-17-25(18-27(47-8)33(26)38)16-23(3)12-11-13-28(48-9)37(46)21-49-20-30(42)39-37/h11-13,17-18,22,24,28-29,34,46H,14-16,19-21H2,1-10H3,(H,39,42)/b13-11+,23-12+/t24-,28+,29-,34-,36-,37-/m0/s1. The molecular formula is C37H54ClN3O10S. The monoisotopic (exact) mass is 767 g/mol. The van der Waals surface area contributed by atoms with Gasteiger partial charge in [0.1, 0.15) is 41.2 Å². The van der Waals surface area contributed by atoms with Gasteiger partial charge in [0.05, 0.1) is 31.9 Å². The number of allylic oxidation sites excluding steroid dienone is 3. The first-order valence-electron chi connectivity index (χ1n) is 17.2. The van der Waals surface area contributed by atoms with Gasteiger partial charge in [0.2, 0.25) is 17.7 Å². The number of epoxide rings is 1. The number of thioether (sulfide) groups is 1. The lowest BCUT2D eigenvalue weighted by Gasteiger charge is -2.36. The largest absolute Gasteiger partial charge is 0.495 e. The van der Waals surface area contributed by atoms with E-state index in [9.17, 15) is 24.3 Å². The van der Waals surface area contributed by atoms with Gasteiger partial charge >= 0.3 is 5.97 Å². The highest BCUT2D eigenvalue weighted by molar-refractivity contribution is 7.98. The number of benzene rings is 1. The van der Waals surface area contributed by atoms with Gasteiger partial charge in [-0.2, -0.15) is 11.8 Å². The molecular weight excluding hydrogens is 714 g/mol. The summed E-state index contributed by atoms with van der Waals surface area (Å²) in [6.07, 6.45) is 5.63. The summed E-state index contributed by atoms with van der Waals surface area (Å²) in [6, 6.07) is 2.72. The Morgan fingerprint density at radius 2 is 1.88 bits per heavy atom. The third kappa shape index (κ3) is 10.7. The van der Waals surface area contributed by atoms with Gasteiger partial charge < -0.3 is 43.9 Å². The third-order valence-electron chi connectivity index (χ3n) is 9.41. The summed E-state index contributed by atoms with van der Waals surface area (Å²) in [6.45, 7) is 9.09. The fourth-order valence-corrected chi connectivity index (χ4v) is 6.79. The zero-order valence-corrected chi connectivity index (χ0v) is 33.4. The smallest absolute Gasteiger partial charge is 0.328 e. The molecule has 2 heterocycles. The van der Waals surface area contributed by atoms with Crippen molar-refractivity contribution in [3.8, 4) is 5.75 Å². The molecule has 2 aliphatic heterocycles. The maximum atomic E-state index is 13.9. The van der Waals surface area contributed by atoms with Gasteiger partial charge in [-0.15, -0.1) is 0 Å². The lowest BCUT2D eigenvalue weighted by Crippen LogP contribution is -2.63. The van der Waals surface area contributed by atoms with Gasteiger partial charge in [-0.3, -0.25) is 14.4 Å². The molecule has 6 atom stereocenters. The van der Waals surface area contributed by atoms with Crippen LogP contribution >= 0.6 is 23.4 Å².